The van der Waals surface area contributed by atoms with Crippen molar-refractivity contribution in [1.82, 2.24) is 4.90 Å². The van der Waals surface area contributed by atoms with E-state index in [4.69, 9.17) is 4.42 Å². The third-order valence-electron chi connectivity index (χ3n) is 4.81. The molecule has 0 bridgehead atoms. The Labute approximate surface area is 142 Å². The largest absolute Gasteiger partial charge is 0.467 e. The number of benzene rings is 1. The third-order valence-corrected chi connectivity index (χ3v) is 4.81. The number of hydrogen-bond acceptors (Lipinski definition) is 2. The lowest BCUT2D eigenvalue weighted by molar-refractivity contribution is -0.133. The van der Waals surface area contributed by atoms with Gasteiger partial charge in [-0.15, -0.1) is 0 Å². The molecule has 1 aliphatic rings. The summed E-state index contributed by atoms with van der Waals surface area (Å²) >= 11 is 0. The van der Waals surface area contributed by atoms with Crippen LogP contribution in [-0.2, 0) is 17.9 Å². The van der Waals surface area contributed by atoms with Crippen LogP contribution in [0.5, 0.6) is 0 Å². The van der Waals surface area contributed by atoms with Crippen LogP contribution >= 0.6 is 0 Å². The SMILES string of the molecule is O=C(CCC1CCCC1)N(Cc1ccc(F)cc1)Cc1ccco1. The van der Waals surface area contributed by atoms with Crippen molar-refractivity contribution in [2.24, 2.45) is 5.92 Å². The second-order valence-corrected chi connectivity index (χ2v) is 6.64. The average molecular weight is 329 g/mol. The molecule has 3 rings (SSSR count). The number of halogens is 1. The summed E-state index contributed by atoms with van der Waals surface area (Å²) in [6, 6.07) is 10.0. The minimum Gasteiger partial charge on any atom is -0.467 e. The van der Waals surface area contributed by atoms with Crippen LogP contribution in [0, 0.1) is 11.7 Å². The van der Waals surface area contributed by atoms with E-state index in [0.717, 1.165) is 17.7 Å². The van der Waals surface area contributed by atoms with Crippen LogP contribution in [0.2, 0.25) is 0 Å². The normalized spacial score (nSPS) is 14.9. The molecule has 0 N–H and O–H groups in total. The number of nitrogens with zero attached hydrogens (tertiary/aromatic N) is 1. The third kappa shape index (κ3) is 4.70. The van der Waals surface area contributed by atoms with Crippen LogP contribution in [0.15, 0.2) is 47.1 Å². The number of amides is 1. The Hall–Kier alpha value is -2.10. The maximum atomic E-state index is 13.1. The highest BCUT2D eigenvalue weighted by atomic mass is 19.1. The van der Waals surface area contributed by atoms with Gasteiger partial charge in [-0.05, 0) is 42.2 Å². The van der Waals surface area contributed by atoms with E-state index >= 15 is 0 Å². The molecular formula is C20H24FNO2. The predicted octanol–water partition coefficient (Wildman–Crippen LogP) is 4.92. The summed E-state index contributed by atoms with van der Waals surface area (Å²) in [7, 11) is 0. The lowest BCUT2D eigenvalue weighted by Gasteiger charge is -2.22. The number of carbonyl (C=O) groups excluding carboxylic acids is 1. The summed E-state index contributed by atoms with van der Waals surface area (Å²) < 4.78 is 18.5. The molecule has 1 aromatic carbocycles. The summed E-state index contributed by atoms with van der Waals surface area (Å²) in [5, 5.41) is 0. The number of furan rings is 1. The minimum atomic E-state index is -0.260. The first-order chi connectivity index (χ1) is 11.7. The lowest BCUT2D eigenvalue weighted by Crippen LogP contribution is -2.30. The monoisotopic (exact) mass is 329 g/mol. The molecule has 0 aliphatic heterocycles. The van der Waals surface area contributed by atoms with E-state index in [1.54, 1.807) is 23.3 Å². The molecule has 1 aliphatic carbocycles. The molecule has 2 aromatic rings. The van der Waals surface area contributed by atoms with Crippen molar-refractivity contribution in [3.8, 4) is 0 Å². The zero-order valence-corrected chi connectivity index (χ0v) is 13.9. The van der Waals surface area contributed by atoms with Crippen LogP contribution < -0.4 is 0 Å². The van der Waals surface area contributed by atoms with E-state index in [1.165, 1.54) is 37.8 Å². The second kappa shape index (κ2) is 8.13. The quantitative estimate of drug-likeness (QED) is 0.722. The van der Waals surface area contributed by atoms with Crippen molar-refractivity contribution in [2.75, 3.05) is 0 Å². The minimum absolute atomic E-state index is 0.141. The van der Waals surface area contributed by atoms with Crippen molar-refractivity contribution >= 4 is 5.91 Å². The molecule has 0 spiro atoms. The van der Waals surface area contributed by atoms with Gasteiger partial charge in [0.15, 0.2) is 0 Å². The molecular weight excluding hydrogens is 305 g/mol. The van der Waals surface area contributed by atoms with E-state index in [9.17, 15) is 9.18 Å². The zero-order valence-electron chi connectivity index (χ0n) is 13.9. The van der Waals surface area contributed by atoms with Crippen molar-refractivity contribution in [1.29, 1.82) is 0 Å². The van der Waals surface area contributed by atoms with Crippen molar-refractivity contribution < 1.29 is 13.6 Å². The second-order valence-electron chi connectivity index (χ2n) is 6.64. The Bertz CT molecular complexity index is 630. The summed E-state index contributed by atoms with van der Waals surface area (Å²) in [6.07, 6.45) is 8.26. The van der Waals surface area contributed by atoms with E-state index < -0.39 is 0 Å². The van der Waals surface area contributed by atoms with Gasteiger partial charge in [0.05, 0.1) is 12.8 Å². The van der Waals surface area contributed by atoms with Gasteiger partial charge in [-0.25, -0.2) is 4.39 Å². The first kappa shape index (κ1) is 16.7. The van der Waals surface area contributed by atoms with Crippen molar-refractivity contribution in [3.05, 3.63) is 59.8 Å². The summed E-state index contributed by atoms with van der Waals surface area (Å²) in [4.78, 5) is 14.5. The van der Waals surface area contributed by atoms with Gasteiger partial charge >= 0.3 is 0 Å². The molecule has 24 heavy (non-hydrogen) atoms. The van der Waals surface area contributed by atoms with E-state index in [-0.39, 0.29) is 11.7 Å². The summed E-state index contributed by atoms with van der Waals surface area (Å²) in [6.45, 7) is 0.929. The maximum Gasteiger partial charge on any atom is 0.223 e. The van der Waals surface area contributed by atoms with Gasteiger partial charge < -0.3 is 9.32 Å². The number of rotatable bonds is 7. The fraction of sp³-hybridized carbons (Fsp3) is 0.450. The van der Waals surface area contributed by atoms with Crippen LogP contribution in [0.3, 0.4) is 0 Å². The molecule has 1 saturated carbocycles. The first-order valence-corrected chi connectivity index (χ1v) is 8.75. The highest BCUT2D eigenvalue weighted by Crippen LogP contribution is 2.29. The maximum absolute atomic E-state index is 13.1. The fourth-order valence-corrected chi connectivity index (χ4v) is 3.42. The van der Waals surface area contributed by atoms with Gasteiger partial charge in [0.25, 0.3) is 0 Å². The highest BCUT2D eigenvalue weighted by molar-refractivity contribution is 5.76. The summed E-state index contributed by atoms with van der Waals surface area (Å²) in [5.41, 5.74) is 0.928. The van der Waals surface area contributed by atoms with Gasteiger partial charge in [0, 0.05) is 13.0 Å². The molecule has 0 saturated heterocycles. The van der Waals surface area contributed by atoms with Crippen LogP contribution in [-0.4, -0.2) is 10.8 Å². The molecule has 0 atom stereocenters. The molecule has 4 heteroatoms. The molecule has 128 valence electrons. The van der Waals surface area contributed by atoms with Gasteiger partial charge in [0.1, 0.15) is 11.6 Å². The Balaban J connectivity index is 1.63. The predicted molar refractivity (Wildman–Crippen MR) is 90.6 cm³/mol. The van der Waals surface area contributed by atoms with Gasteiger partial charge in [-0.2, -0.15) is 0 Å². The standard InChI is InChI=1S/C20H24FNO2/c21-18-10-7-17(8-11-18)14-22(15-19-6-3-13-24-19)20(23)12-9-16-4-1-2-5-16/h3,6-8,10-11,13,16H,1-2,4-5,9,12,14-15H2. The van der Waals surface area contributed by atoms with E-state index in [0.29, 0.717) is 25.4 Å². The molecule has 0 unspecified atom stereocenters. The van der Waals surface area contributed by atoms with E-state index in [1.807, 2.05) is 12.1 Å². The molecule has 1 aromatic heterocycles. The van der Waals surface area contributed by atoms with Crippen molar-refractivity contribution in [3.63, 3.8) is 0 Å². The van der Waals surface area contributed by atoms with Gasteiger partial charge in [-0.1, -0.05) is 37.8 Å². The van der Waals surface area contributed by atoms with Crippen LogP contribution in [0.4, 0.5) is 4.39 Å². The Kier molecular flexibility index (Phi) is 5.68. The fourth-order valence-electron chi connectivity index (χ4n) is 3.42. The zero-order chi connectivity index (χ0) is 16.8. The van der Waals surface area contributed by atoms with Crippen LogP contribution in [0.1, 0.15) is 49.8 Å². The Morgan fingerprint density at radius 2 is 1.88 bits per heavy atom. The Morgan fingerprint density at radius 1 is 1.12 bits per heavy atom. The average Bonchev–Trinajstić information content (AvgIpc) is 3.27. The topological polar surface area (TPSA) is 33.5 Å². The molecule has 1 amide bonds. The molecule has 0 radical (unpaired) electrons. The number of hydrogen-bond donors (Lipinski definition) is 0. The van der Waals surface area contributed by atoms with Crippen LogP contribution in [0.25, 0.3) is 0 Å². The smallest absolute Gasteiger partial charge is 0.223 e. The van der Waals surface area contributed by atoms with E-state index in [2.05, 4.69) is 0 Å². The highest BCUT2D eigenvalue weighted by Gasteiger charge is 2.20. The van der Waals surface area contributed by atoms with Gasteiger partial charge in [0.2, 0.25) is 5.91 Å². The van der Waals surface area contributed by atoms with Gasteiger partial charge in [-0.3, -0.25) is 4.79 Å². The first-order valence-electron chi connectivity index (χ1n) is 8.75. The summed E-state index contributed by atoms with van der Waals surface area (Å²) in [5.74, 6) is 1.35. The number of carbonyl (C=O) groups is 1. The lowest BCUT2D eigenvalue weighted by atomic mass is 10.0. The molecule has 1 fully saturated rings. The molecule has 3 nitrogen and oxygen atoms in total. The Morgan fingerprint density at radius 3 is 2.54 bits per heavy atom. The van der Waals surface area contributed by atoms with Crippen molar-refractivity contribution in [2.45, 2.75) is 51.6 Å². The molecule has 1 heterocycles.